The number of rotatable bonds is 12. The fourth-order valence-electron chi connectivity index (χ4n) is 14.6. The molecule has 1 fully saturated rings. The summed E-state index contributed by atoms with van der Waals surface area (Å²) in [6.07, 6.45) is 8.94. The van der Waals surface area contributed by atoms with E-state index in [-0.39, 0.29) is 148 Å². The Labute approximate surface area is 674 Å². The van der Waals surface area contributed by atoms with E-state index >= 15 is 0 Å². The molecule has 1 aliphatic carbocycles. The average Bonchev–Trinajstić information content (AvgIpc) is 1.57. The summed E-state index contributed by atoms with van der Waals surface area (Å²) < 4.78 is 81.2. The van der Waals surface area contributed by atoms with Crippen LogP contribution in [-0.2, 0) is 41.4 Å². The Hall–Kier alpha value is -11.6. The predicted octanol–water partition coefficient (Wildman–Crippen LogP) is 10.2. The molecule has 9 heterocycles. The molecule has 4 aliphatic heterocycles. The van der Waals surface area contributed by atoms with Gasteiger partial charge in [0, 0.05) is 83.7 Å². The van der Waals surface area contributed by atoms with Crippen LogP contribution in [0.2, 0.25) is 0 Å². The van der Waals surface area contributed by atoms with Gasteiger partial charge in [-0.1, -0.05) is 55.1 Å². The van der Waals surface area contributed by atoms with Crippen LogP contribution >= 0.6 is 0 Å². The number of pyridine rings is 4. The molecule has 1 saturated heterocycles. The number of phenols is 1. The first-order valence-electron chi connectivity index (χ1n) is 35.0. The van der Waals surface area contributed by atoms with Crippen LogP contribution in [0, 0.1) is 44.5 Å². The average molecular weight is 1610 g/mol. The first-order valence-corrected chi connectivity index (χ1v) is 35.0. The van der Waals surface area contributed by atoms with Crippen molar-refractivity contribution >= 4 is 97.5 Å². The molecule has 21 nitrogen and oxygen atoms in total. The molecule has 3 N–H and O–H groups in total. The summed E-state index contributed by atoms with van der Waals surface area (Å²) in [6, 6.07) is 37.5. The van der Waals surface area contributed by atoms with E-state index in [1.165, 1.54) is 98.4 Å². The van der Waals surface area contributed by atoms with E-state index in [1.807, 2.05) is 26.0 Å². The van der Waals surface area contributed by atoms with Gasteiger partial charge in [0.1, 0.15) is 57.5 Å². The summed E-state index contributed by atoms with van der Waals surface area (Å²) in [7, 11) is 6.02. The first-order chi connectivity index (χ1) is 52.9. The van der Waals surface area contributed by atoms with Crippen molar-refractivity contribution in [1.82, 2.24) is 39.2 Å². The number of aromatic nitrogens is 5. The minimum absolute atomic E-state index is 0. The van der Waals surface area contributed by atoms with Crippen LogP contribution in [0.15, 0.2) is 170 Å². The van der Waals surface area contributed by atoms with Crippen molar-refractivity contribution in [3.05, 3.63) is 295 Å². The Kier molecular flexibility index (Phi) is 25.9. The van der Waals surface area contributed by atoms with E-state index in [2.05, 4.69) is 26.5 Å². The van der Waals surface area contributed by atoms with Crippen molar-refractivity contribution in [2.24, 2.45) is 0 Å². The zero-order valence-corrected chi connectivity index (χ0v) is 66.2. The number of fused-ring (bicyclic) bond motifs is 8. The molecular weight excluding hydrogens is 1530 g/mol. The van der Waals surface area contributed by atoms with E-state index in [9.17, 15) is 56.9 Å². The summed E-state index contributed by atoms with van der Waals surface area (Å²) in [5, 5.41) is 35.7. The number of methoxy groups -OCH3 is 4. The molecule has 27 heteroatoms. The van der Waals surface area contributed by atoms with E-state index < -0.39 is 17.5 Å². The number of halogens is 5. The number of aliphatic hydroxyl groups is 1. The molecule has 7 aromatic carbocycles. The Morgan fingerprint density at radius 3 is 1.47 bits per heavy atom. The minimum atomic E-state index is -1.57. The quantitative estimate of drug-likeness (QED) is 0.0445. The smallest absolute Gasteiger partial charge is 1.00 e. The van der Waals surface area contributed by atoms with Crippen molar-refractivity contribution in [2.75, 3.05) is 41.7 Å². The fraction of sp³-hybridized carbons (Fsp3) is 0.209. The zero-order chi connectivity index (χ0) is 78.1. The number of ether oxygens (including phenoxy) is 5. The minimum Gasteiger partial charge on any atom is -1.00 e. The van der Waals surface area contributed by atoms with Crippen LogP contribution in [0.1, 0.15) is 140 Å². The van der Waals surface area contributed by atoms with Crippen LogP contribution in [0.3, 0.4) is 0 Å². The molecule has 0 radical (unpaired) electrons. The van der Waals surface area contributed by atoms with Crippen LogP contribution in [-0.4, -0.2) is 149 Å². The number of phenolic OH excluding ortho intramolecular Hbond substituents is 1. The van der Waals surface area contributed by atoms with Gasteiger partial charge in [0.25, 0.3) is 23.6 Å². The molecule has 12 aromatic rings. The van der Waals surface area contributed by atoms with Gasteiger partial charge in [-0.15, -0.1) is 0 Å². The number of ketones is 1. The van der Waals surface area contributed by atoms with Crippen LogP contribution in [0.25, 0.3) is 45.0 Å². The molecule has 4 amide bonds. The molecular formula is C86H77BrF4MgN8O13. The maximum absolute atomic E-state index is 13.2. The Morgan fingerprint density at radius 2 is 0.973 bits per heavy atom. The van der Waals surface area contributed by atoms with Crippen molar-refractivity contribution in [2.45, 2.75) is 78.5 Å². The first kappa shape index (κ1) is 83.8. The van der Waals surface area contributed by atoms with E-state index in [1.54, 1.807) is 129 Å². The van der Waals surface area contributed by atoms with Gasteiger partial charge < -0.3 is 77.8 Å². The third kappa shape index (κ3) is 15.6. The van der Waals surface area contributed by atoms with Gasteiger partial charge in [0.05, 0.1) is 97.2 Å². The van der Waals surface area contributed by atoms with Gasteiger partial charge in [0.15, 0.2) is 11.5 Å². The molecule has 17 rings (SSSR count). The second-order valence-corrected chi connectivity index (χ2v) is 26.6. The summed E-state index contributed by atoms with van der Waals surface area (Å²) in [5.41, 5.74) is 7.60. The normalized spacial score (nSPS) is 15.3. The number of imide groups is 1. The van der Waals surface area contributed by atoms with E-state index in [0.29, 0.717) is 112 Å². The maximum atomic E-state index is 13.2. The van der Waals surface area contributed by atoms with Crippen molar-refractivity contribution in [3.63, 3.8) is 0 Å². The molecule has 113 heavy (non-hydrogen) atoms. The van der Waals surface area contributed by atoms with Gasteiger partial charge >= 0.3 is 23.1 Å². The van der Waals surface area contributed by atoms with Gasteiger partial charge in [0.2, 0.25) is 11.7 Å². The molecule has 0 bridgehead atoms. The van der Waals surface area contributed by atoms with Gasteiger partial charge in [-0.3, -0.25) is 48.8 Å². The molecule has 2 atom stereocenters. The number of nitrogens with zero attached hydrogens (tertiary/aromatic N) is 8. The van der Waals surface area contributed by atoms with Crippen molar-refractivity contribution < 1.29 is 97.5 Å². The predicted molar refractivity (Wildman–Crippen MR) is 413 cm³/mol. The molecule has 5 aromatic heterocycles. The van der Waals surface area contributed by atoms with Gasteiger partial charge in [-0.25, -0.2) is 17.6 Å². The Bertz CT molecular complexity index is 5790. The number of hydrogen-bond acceptors (Lipinski definition) is 17. The van der Waals surface area contributed by atoms with Crippen LogP contribution in [0.5, 0.6) is 28.9 Å². The zero-order valence-electron chi connectivity index (χ0n) is 63.2. The second-order valence-electron chi connectivity index (χ2n) is 26.6. The molecule has 576 valence electrons. The number of amides is 4. The van der Waals surface area contributed by atoms with Crippen LogP contribution in [0.4, 0.5) is 17.6 Å². The summed E-state index contributed by atoms with van der Waals surface area (Å²) in [4.78, 5) is 86.3. The Morgan fingerprint density at radius 1 is 0.531 bits per heavy atom. The summed E-state index contributed by atoms with van der Waals surface area (Å²) >= 11 is 0. The number of aromatic hydroxyl groups is 2. The number of benzene rings is 7. The third-order valence-corrected chi connectivity index (χ3v) is 20.0. The second kappa shape index (κ2) is 35.0. The number of carbonyl (C=O) groups is 5. The van der Waals surface area contributed by atoms with Gasteiger partial charge in [-0.05, 0) is 171 Å². The van der Waals surface area contributed by atoms with Crippen molar-refractivity contribution in [1.29, 1.82) is 0 Å². The third-order valence-electron chi connectivity index (χ3n) is 20.0. The van der Waals surface area contributed by atoms with E-state index in [0.717, 1.165) is 40.2 Å². The summed E-state index contributed by atoms with van der Waals surface area (Å²) in [6.45, 7) is 13.9. The largest absolute Gasteiger partial charge is 2.00 e. The number of carbonyl (C=O) groups excluding carboxylic acids is 5. The monoisotopic (exact) mass is 1610 g/mol. The topological polar surface area (TPSA) is 258 Å². The number of hydrogen-bond donors (Lipinski definition) is 3. The molecule has 0 saturated carbocycles. The molecule has 5 aliphatic rings. The molecule has 0 spiro atoms. The molecule has 2 unspecified atom stereocenters. The van der Waals surface area contributed by atoms with E-state index in [4.69, 9.17) is 23.7 Å². The van der Waals surface area contributed by atoms with Gasteiger partial charge in [-0.2, -0.15) is 0 Å². The fourth-order valence-corrected chi connectivity index (χ4v) is 14.6. The van der Waals surface area contributed by atoms with Crippen molar-refractivity contribution in [3.8, 4) is 28.9 Å². The van der Waals surface area contributed by atoms with Crippen LogP contribution < -0.4 is 41.8 Å². The standard InChI is InChI=1S/C21H19FN2O3.C20H17FN2O3.2C20H15FN2O3.C4H8O.CH3.BrH.Mg/c1-12-16-17(19(27-3)15-5-4-10-23-18(12)15)21(2,26)24(20(16)25)11-13-6-8-14(22)9-7-13;2*1-11-15-16(18(24)17-14(19(15)26-2)4-3-9-22-17)20(25)23(11)10-12-5-7-13(21)8-6-12;1-11-15-16(18(26-2)14-4-3-9-22-17(11)14)20(25)23(19(15)24)10-12-5-7-13(21)8-6-12;1-2-4-5-3-1;;;/h4-10,26H,11H2,1-3H3;3-9,11,24H,10H2,1-2H3;3-9,25H,1,10H2,2H3;3-9H,10H2,1-2H3;1-4H2;1H3;1H;/q;;;;;-1;;+2/p-1. The SMILES string of the molecule is C1CCOC1.C=c1c2c(c(O)n1Cc1ccc(F)cc1)C(=O)c1ncccc1C=2OC.COc1c2c(c(C)c3ncccc13)C(=O)N(Cc1ccc(F)cc1)C2(C)O.COc1c2c(c(C)c3ncccc13)C(=O)N(Cc1ccc(F)cc1)C2=O.COc1c2c(c(O)c3ncccc13)C(=O)N(Cc1ccc(F)cc1)C2C.[Br-].[CH3-].[Mg+2]. The Balaban J connectivity index is 0.000000155. The summed E-state index contributed by atoms with van der Waals surface area (Å²) in [5.74, 6) is -1.71. The number of aryl methyl sites for hydroxylation is 2. The maximum Gasteiger partial charge on any atom is 2.00 e.